The average molecular weight is 301 g/mol. The van der Waals surface area contributed by atoms with Gasteiger partial charge in [0.15, 0.2) is 0 Å². The second-order valence-electron chi connectivity index (χ2n) is 5.17. The second-order valence-corrected chi connectivity index (χ2v) is 5.17. The Labute approximate surface area is 120 Å². The van der Waals surface area contributed by atoms with Gasteiger partial charge >= 0.3 is 6.18 Å². The summed E-state index contributed by atoms with van der Waals surface area (Å²) in [4.78, 5) is 18.6. The van der Waals surface area contributed by atoms with Gasteiger partial charge in [0.05, 0.1) is 5.39 Å². The molecule has 0 aliphatic rings. The molecule has 0 spiro atoms. The van der Waals surface area contributed by atoms with Gasteiger partial charge in [-0.1, -0.05) is 26.2 Å². The highest BCUT2D eigenvalue weighted by molar-refractivity contribution is 5.75. The van der Waals surface area contributed by atoms with Gasteiger partial charge in [-0.25, -0.2) is 4.98 Å². The molecular formula is C14H18F3N3O. The van der Waals surface area contributed by atoms with Crippen LogP contribution in [0.2, 0.25) is 0 Å². The number of aromatic amines is 1. The number of nitrogens with one attached hydrogen (secondary N) is 1. The maximum absolute atomic E-state index is 13.1. The Kier molecular flexibility index (Phi) is 4.39. The zero-order valence-corrected chi connectivity index (χ0v) is 12.0. The van der Waals surface area contributed by atoms with Crippen molar-refractivity contribution in [1.29, 1.82) is 0 Å². The smallest absolute Gasteiger partial charge is 0.343 e. The van der Waals surface area contributed by atoms with E-state index in [1.165, 1.54) is 6.07 Å². The summed E-state index contributed by atoms with van der Waals surface area (Å²) in [5, 5.41) is 0.205. The molecule has 0 aliphatic carbocycles. The Balaban J connectivity index is 2.48. The van der Waals surface area contributed by atoms with Crippen molar-refractivity contribution in [2.45, 2.75) is 52.3 Å². The molecule has 2 heterocycles. The van der Waals surface area contributed by atoms with Crippen LogP contribution >= 0.6 is 0 Å². The largest absolute Gasteiger partial charge is 0.449 e. The number of H-pyrrole nitrogens is 1. The van der Waals surface area contributed by atoms with E-state index in [1.54, 1.807) is 6.92 Å². The zero-order chi connectivity index (χ0) is 15.6. The summed E-state index contributed by atoms with van der Waals surface area (Å²) in [7, 11) is 0. The summed E-state index contributed by atoms with van der Waals surface area (Å²) in [6, 6.07) is 1.54. The number of hydrogen-bond donors (Lipinski definition) is 1. The first-order valence-corrected chi connectivity index (χ1v) is 7.02. The molecule has 0 bridgehead atoms. The van der Waals surface area contributed by atoms with Crippen molar-refractivity contribution < 1.29 is 13.2 Å². The number of halogens is 3. The second kappa shape index (κ2) is 5.91. The standard InChI is InChI=1S/C14H18F3N3O/c1-3-4-5-6-7-20-12(21)10-8-9(2)18-11(10)19-13(20)14(15,16)17/h8,18H,3-7H2,1-2H3. The molecule has 116 valence electrons. The molecular weight excluding hydrogens is 283 g/mol. The van der Waals surface area contributed by atoms with E-state index in [9.17, 15) is 18.0 Å². The van der Waals surface area contributed by atoms with Gasteiger partial charge in [0, 0.05) is 12.2 Å². The molecule has 2 rings (SSSR count). The van der Waals surface area contributed by atoms with Crippen molar-refractivity contribution in [3.8, 4) is 0 Å². The van der Waals surface area contributed by atoms with Crippen molar-refractivity contribution in [3.63, 3.8) is 0 Å². The number of alkyl halides is 3. The summed E-state index contributed by atoms with van der Waals surface area (Å²) in [5.41, 5.74) is -0.0192. The van der Waals surface area contributed by atoms with Crippen molar-refractivity contribution in [2.75, 3.05) is 0 Å². The van der Waals surface area contributed by atoms with Crippen molar-refractivity contribution >= 4 is 11.0 Å². The van der Waals surface area contributed by atoms with Crippen LogP contribution in [0.4, 0.5) is 13.2 Å². The number of unbranched alkanes of at least 4 members (excludes halogenated alkanes) is 3. The van der Waals surface area contributed by atoms with Crippen molar-refractivity contribution in [1.82, 2.24) is 14.5 Å². The first-order chi connectivity index (χ1) is 9.84. The van der Waals surface area contributed by atoms with E-state index in [-0.39, 0.29) is 17.6 Å². The minimum absolute atomic E-state index is 0.00497. The molecule has 0 aliphatic heterocycles. The predicted octanol–water partition coefficient (Wildman–Crippen LogP) is 3.63. The van der Waals surface area contributed by atoms with Gasteiger partial charge in [-0.2, -0.15) is 13.2 Å². The lowest BCUT2D eigenvalue weighted by atomic mass is 10.2. The van der Waals surface area contributed by atoms with Gasteiger partial charge in [0.25, 0.3) is 5.56 Å². The molecule has 0 saturated carbocycles. The quantitative estimate of drug-likeness (QED) is 0.857. The minimum Gasteiger partial charge on any atom is -0.343 e. The van der Waals surface area contributed by atoms with E-state index in [0.29, 0.717) is 12.1 Å². The molecule has 1 N–H and O–H groups in total. The van der Waals surface area contributed by atoms with E-state index < -0.39 is 17.6 Å². The Bertz CT molecular complexity index is 685. The summed E-state index contributed by atoms with van der Waals surface area (Å²) < 4.78 is 40.1. The highest BCUT2D eigenvalue weighted by Gasteiger charge is 2.37. The topological polar surface area (TPSA) is 50.7 Å². The highest BCUT2D eigenvalue weighted by atomic mass is 19.4. The Morgan fingerprint density at radius 3 is 2.62 bits per heavy atom. The number of rotatable bonds is 5. The Morgan fingerprint density at radius 2 is 2.00 bits per heavy atom. The third-order valence-corrected chi connectivity index (χ3v) is 3.37. The average Bonchev–Trinajstić information content (AvgIpc) is 2.76. The van der Waals surface area contributed by atoms with E-state index in [4.69, 9.17) is 0 Å². The first kappa shape index (κ1) is 15.6. The predicted molar refractivity (Wildman–Crippen MR) is 74.2 cm³/mol. The SMILES string of the molecule is CCCCCCn1c(C(F)(F)F)nc2[nH]c(C)cc2c1=O. The van der Waals surface area contributed by atoms with Crippen LogP contribution in [0.5, 0.6) is 0 Å². The van der Waals surface area contributed by atoms with Crippen molar-refractivity contribution in [2.24, 2.45) is 0 Å². The van der Waals surface area contributed by atoms with Gasteiger partial charge in [0.2, 0.25) is 5.82 Å². The molecule has 21 heavy (non-hydrogen) atoms. The van der Waals surface area contributed by atoms with Crippen LogP contribution in [0.1, 0.15) is 44.1 Å². The number of nitrogens with zero attached hydrogens (tertiary/aromatic N) is 2. The molecule has 0 fully saturated rings. The van der Waals surface area contributed by atoms with Gasteiger partial charge in [-0.15, -0.1) is 0 Å². The summed E-state index contributed by atoms with van der Waals surface area (Å²) in [6.07, 6.45) is -1.39. The molecule has 0 radical (unpaired) electrons. The van der Waals surface area contributed by atoms with Gasteiger partial charge in [-0.05, 0) is 19.4 Å². The fourth-order valence-corrected chi connectivity index (χ4v) is 2.35. The van der Waals surface area contributed by atoms with Crippen LogP contribution < -0.4 is 5.56 Å². The number of fused-ring (bicyclic) bond motifs is 1. The fraction of sp³-hybridized carbons (Fsp3) is 0.571. The number of hydrogen-bond acceptors (Lipinski definition) is 2. The maximum atomic E-state index is 13.1. The fourth-order valence-electron chi connectivity index (χ4n) is 2.35. The molecule has 2 aromatic heterocycles. The normalized spacial score (nSPS) is 12.2. The molecule has 0 aromatic carbocycles. The Morgan fingerprint density at radius 1 is 1.29 bits per heavy atom. The lowest BCUT2D eigenvalue weighted by Gasteiger charge is -2.14. The van der Waals surface area contributed by atoms with E-state index >= 15 is 0 Å². The summed E-state index contributed by atoms with van der Waals surface area (Å²) in [5.74, 6) is -1.13. The van der Waals surface area contributed by atoms with Crippen LogP contribution in [-0.2, 0) is 12.7 Å². The third kappa shape index (κ3) is 3.28. The molecule has 0 amide bonds. The van der Waals surface area contributed by atoms with Crippen LogP contribution in [-0.4, -0.2) is 14.5 Å². The number of aromatic nitrogens is 3. The van der Waals surface area contributed by atoms with Crippen LogP contribution in [0, 0.1) is 6.92 Å². The lowest BCUT2D eigenvalue weighted by molar-refractivity contribution is -0.148. The van der Waals surface area contributed by atoms with Gasteiger partial charge in [-0.3, -0.25) is 9.36 Å². The van der Waals surface area contributed by atoms with Crippen LogP contribution in [0.3, 0.4) is 0 Å². The summed E-state index contributed by atoms with van der Waals surface area (Å²) >= 11 is 0. The van der Waals surface area contributed by atoms with Crippen molar-refractivity contribution in [3.05, 3.63) is 27.9 Å². The van der Waals surface area contributed by atoms with Gasteiger partial charge in [0.1, 0.15) is 5.65 Å². The van der Waals surface area contributed by atoms with Crippen LogP contribution in [0.15, 0.2) is 10.9 Å². The molecule has 7 heteroatoms. The van der Waals surface area contributed by atoms with E-state index in [0.717, 1.165) is 23.8 Å². The molecule has 0 atom stereocenters. The number of aryl methyl sites for hydroxylation is 1. The maximum Gasteiger partial charge on any atom is 0.449 e. The zero-order valence-electron chi connectivity index (χ0n) is 12.0. The van der Waals surface area contributed by atoms with E-state index in [2.05, 4.69) is 9.97 Å². The van der Waals surface area contributed by atoms with Gasteiger partial charge < -0.3 is 4.98 Å². The molecule has 4 nitrogen and oxygen atoms in total. The molecule has 0 saturated heterocycles. The van der Waals surface area contributed by atoms with Crippen LogP contribution in [0.25, 0.3) is 11.0 Å². The van der Waals surface area contributed by atoms with E-state index in [1.807, 2.05) is 6.92 Å². The molecule has 2 aromatic rings. The first-order valence-electron chi connectivity index (χ1n) is 7.02. The third-order valence-electron chi connectivity index (χ3n) is 3.37. The lowest BCUT2D eigenvalue weighted by Crippen LogP contribution is -2.29. The highest BCUT2D eigenvalue weighted by Crippen LogP contribution is 2.28. The minimum atomic E-state index is -4.64. The monoisotopic (exact) mass is 301 g/mol. The summed E-state index contributed by atoms with van der Waals surface area (Å²) in [6.45, 7) is 3.74. The molecule has 0 unspecified atom stereocenters. The Hall–Kier alpha value is -1.79.